The molecule has 0 bridgehead atoms. The van der Waals surface area contributed by atoms with Gasteiger partial charge in [-0.2, -0.15) is 13.2 Å². The molecule has 0 aliphatic heterocycles. The van der Waals surface area contributed by atoms with Crippen molar-refractivity contribution in [2.75, 3.05) is 5.73 Å². The number of halogens is 4. The van der Waals surface area contributed by atoms with Crippen LogP contribution in [0, 0.1) is 5.82 Å². The third-order valence-electron chi connectivity index (χ3n) is 5.55. The second-order valence-corrected chi connectivity index (χ2v) is 7.93. The summed E-state index contributed by atoms with van der Waals surface area (Å²) in [4.78, 5) is 15.3. The minimum atomic E-state index is -4.62. The summed E-state index contributed by atoms with van der Waals surface area (Å²) in [5.41, 5.74) is 7.52. The van der Waals surface area contributed by atoms with Crippen LogP contribution < -0.4 is 45.1 Å². The van der Waals surface area contributed by atoms with Gasteiger partial charge in [0.05, 0.1) is 11.5 Å². The van der Waals surface area contributed by atoms with Gasteiger partial charge in [-0.1, -0.05) is 12.1 Å². The smallest absolute Gasteiger partial charge is 0.545 e. The molecule has 0 saturated heterocycles. The first-order chi connectivity index (χ1) is 16.1. The summed E-state index contributed by atoms with van der Waals surface area (Å²) in [6.07, 6.45) is -2.31. The molecule has 0 atom stereocenters. The molecule has 0 saturated carbocycles. The molecule has 2 aromatic carbocycles. The number of aromatic nitrogens is 1. The summed E-state index contributed by atoms with van der Waals surface area (Å²) >= 11 is 0. The predicted octanol–water partition coefficient (Wildman–Crippen LogP) is 1.86. The minimum absolute atomic E-state index is 0. The van der Waals surface area contributed by atoms with Gasteiger partial charge in [0, 0.05) is 17.4 Å². The van der Waals surface area contributed by atoms with Crippen molar-refractivity contribution in [3.05, 3.63) is 88.4 Å². The number of ether oxygens (including phenoxy) is 1. The van der Waals surface area contributed by atoms with Crippen molar-refractivity contribution in [2.24, 2.45) is 0 Å². The van der Waals surface area contributed by atoms with Crippen LogP contribution in [0.3, 0.4) is 0 Å². The van der Waals surface area contributed by atoms with E-state index >= 15 is 0 Å². The van der Waals surface area contributed by atoms with Crippen molar-refractivity contribution < 1.29 is 61.8 Å². The average molecular weight is 494 g/mol. The Morgan fingerprint density at radius 3 is 2.40 bits per heavy atom. The number of nitrogens with zero attached hydrogens (tertiary/aromatic N) is 1. The number of rotatable bonds is 6. The zero-order valence-corrected chi connectivity index (χ0v) is 20.8. The molecule has 1 aliphatic carbocycles. The number of pyridine rings is 1. The van der Waals surface area contributed by atoms with E-state index in [0.717, 1.165) is 6.07 Å². The number of carboxylic acids is 1. The fraction of sp³-hybridized carbons (Fsp3) is 0.200. The van der Waals surface area contributed by atoms with E-state index in [4.69, 9.17) is 10.5 Å². The summed E-state index contributed by atoms with van der Waals surface area (Å²) in [6.45, 7) is -0.0264. The van der Waals surface area contributed by atoms with Gasteiger partial charge in [-0.3, -0.25) is 0 Å². The van der Waals surface area contributed by atoms with E-state index in [9.17, 15) is 27.5 Å². The van der Waals surface area contributed by atoms with Crippen LogP contribution in [0.5, 0.6) is 5.88 Å². The third-order valence-corrected chi connectivity index (χ3v) is 5.55. The van der Waals surface area contributed by atoms with Crippen LogP contribution in [0.2, 0.25) is 0 Å². The van der Waals surface area contributed by atoms with E-state index in [1.807, 2.05) is 0 Å². The molecule has 176 valence electrons. The number of hydrogen-bond acceptors (Lipinski definition) is 5. The van der Waals surface area contributed by atoms with Crippen molar-refractivity contribution in [1.82, 2.24) is 4.98 Å². The Morgan fingerprint density at radius 2 is 1.74 bits per heavy atom. The molecule has 0 amide bonds. The normalized spacial score (nSPS) is 13.5. The molecule has 0 unspecified atom stereocenters. The number of alkyl halides is 3. The van der Waals surface area contributed by atoms with Crippen LogP contribution in [0.25, 0.3) is 11.1 Å². The topological polar surface area (TPSA) is 88.3 Å². The van der Waals surface area contributed by atoms with Crippen molar-refractivity contribution in [3.63, 3.8) is 0 Å². The molecule has 1 aliphatic rings. The number of carboxylic acid groups (broad SMARTS) is 1. The van der Waals surface area contributed by atoms with Crippen LogP contribution >= 0.6 is 0 Å². The molecule has 35 heavy (non-hydrogen) atoms. The molecule has 1 aromatic heterocycles. The first-order valence-electron chi connectivity index (χ1n) is 10.4. The molecule has 5 nitrogen and oxygen atoms in total. The van der Waals surface area contributed by atoms with Crippen molar-refractivity contribution in [2.45, 2.75) is 32.0 Å². The number of carbonyl (C=O) groups excluding carboxylic acids is 1. The number of anilines is 1. The molecule has 2 N–H and O–H groups in total. The fourth-order valence-corrected chi connectivity index (χ4v) is 3.97. The van der Waals surface area contributed by atoms with E-state index < -0.39 is 23.5 Å². The molecule has 0 radical (unpaired) electrons. The van der Waals surface area contributed by atoms with Crippen LogP contribution in [-0.4, -0.2) is 11.0 Å². The van der Waals surface area contributed by atoms with Gasteiger partial charge >= 0.3 is 35.7 Å². The number of nitrogens with two attached hydrogens (primary N) is 1. The molecule has 4 rings (SSSR count). The standard InChI is InChI=1S/C25H20F4N2O3.Na/c26-18-6-4-14(5-7-18)13-34-23-22(11-17(12-31-23)25(27,28)29)21-3-1-2-20(21)15-8-16(24(32)33)10-19(30)9-15;/h4-12H,1-3,13,30H2,(H,32,33);/q;+1/p-1. The molecule has 0 fully saturated rings. The maximum absolute atomic E-state index is 13.5. The van der Waals surface area contributed by atoms with Crippen molar-refractivity contribution in [1.29, 1.82) is 0 Å². The molecule has 10 heteroatoms. The van der Waals surface area contributed by atoms with Crippen LogP contribution in [0.4, 0.5) is 23.2 Å². The van der Waals surface area contributed by atoms with Gasteiger partial charge in [0.25, 0.3) is 0 Å². The summed E-state index contributed by atoms with van der Waals surface area (Å²) < 4.78 is 59.3. The van der Waals surface area contributed by atoms with Gasteiger partial charge in [-0.15, -0.1) is 0 Å². The molecule has 0 spiro atoms. The first-order valence-corrected chi connectivity index (χ1v) is 10.4. The number of aromatic carboxylic acids is 1. The van der Waals surface area contributed by atoms with Crippen LogP contribution in [-0.2, 0) is 12.8 Å². The maximum atomic E-state index is 13.5. The number of benzene rings is 2. The summed E-state index contributed by atoms with van der Waals surface area (Å²) in [5, 5.41) is 11.4. The predicted molar refractivity (Wildman–Crippen MR) is 116 cm³/mol. The largest absolute Gasteiger partial charge is 1.00 e. The van der Waals surface area contributed by atoms with Crippen molar-refractivity contribution >= 4 is 22.8 Å². The SMILES string of the molecule is Nc1cc(C(=O)[O-])cc(C2=C(c3cc(C(F)(F)F)cnc3OCc3ccc(F)cc3)CCC2)c1.[Na+]. The van der Waals surface area contributed by atoms with Crippen molar-refractivity contribution in [3.8, 4) is 5.88 Å². The molecule has 1 heterocycles. The van der Waals surface area contributed by atoms with Gasteiger partial charge in [0.1, 0.15) is 12.4 Å². The third kappa shape index (κ3) is 6.22. The van der Waals surface area contributed by atoms with Gasteiger partial charge < -0.3 is 20.4 Å². The zero-order chi connectivity index (χ0) is 24.5. The first kappa shape index (κ1) is 26.7. The summed E-state index contributed by atoms with van der Waals surface area (Å²) in [6, 6.07) is 10.7. The van der Waals surface area contributed by atoms with Gasteiger partial charge in [0.15, 0.2) is 0 Å². The number of allylic oxidation sites excluding steroid dienone is 2. The van der Waals surface area contributed by atoms with E-state index in [1.165, 1.54) is 36.4 Å². The molecular weight excluding hydrogens is 475 g/mol. The summed E-state index contributed by atoms with van der Waals surface area (Å²) in [5.74, 6) is -1.83. The minimum Gasteiger partial charge on any atom is -0.545 e. The van der Waals surface area contributed by atoms with E-state index in [-0.39, 0.29) is 58.9 Å². The quantitative estimate of drug-likeness (QED) is 0.321. The Bertz CT molecular complexity index is 1270. The molecular formula is C25H19F4N2NaO3. The summed E-state index contributed by atoms with van der Waals surface area (Å²) in [7, 11) is 0. The van der Waals surface area contributed by atoms with Crippen LogP contribution in [0.1, 0.15) is 51.9 Å². The Labute approximate surface area is 220 Å². The van der Waals surface area contributed by atoms with E-state index in [1.54, 1.807) is 6.07 Å². The number of nitrogen functional groups attached to an aromatic ring is 1. The zero-order valence-electron chi connectivity index (χ0n) is 18.8. The second-order valence-electron chi connectivity index (χ2n) is 7.93. The second kappa shape index (κ2) is 10.8. The number of hydrogen-bond donors (Lipinski definition) is 1. The number of carbonyl (C=O) groups is 1. The Hall–Kier alpha value is -2.88. The molecule has 3 aromatic rings. The van der Waals surface area contributed by atoms with Crippen LogP contribution in [0.15, 0.2) is 54.7 Å². The van der Waals surface area contributed by atoms with Gasteiger partial charge in [0.2, 0.25) is 5.88 Å². The Balaban J connectivity index is 0.00000342. The van der Waals surface area contributed by atoms with Gasteiger partial charge in [-0.25, -0.2) is 9.37 Å². The Morgan fingerprint density at radius 1 is 1.06 bits per heavy atom. The Kier molecular flexibility index (Phi) is 8.25. The van der Waals surface area contributed by atoms with Gasteiger partial charge in [-0.05, 0) is 83.5 Å². The maximum Gasteiger partial charge on any atom is 1.00 e. The average Bonchev–Trinajstić information content (AvgIpc) is 3.27. The monoisotopic (exact) mass is 494 g/mol. The fourth-order valence-electron chi connectivity index (χ4n) is 3.97. The van der Waals surface area contributed by atoms with E-state index in [0.29, 0.717) is 47.7 Å². The van der Waals surface area contributed by atoms with E-state index in [2.05, 4.69) is 4.98 Å².